The molecule has 0 spiro atoms. The zero-order valence-corrected chi connectivity index (χ0v) is 29.4. The van der Waals surface area contributed by atoms with Gasteiger partial charge in [0.15, 0.2) is 23.9 Å². The molecule has 5 aromatic rings. The van der Waals surface area contributed by atoms with Gasteiger partial charge in [-0.25, -0.2) is 4.98 Å². The van der Waals surface area contributed by atoms with Gasteiger partial charge in [0.05, 0.1) is 34.4 Å². The normalized spacial score (nSPS) is 11.3. The van der Waals surface area contributed by atoms with Gasteiger partial charge in [0.1, 0.15) is 5.75 Å². The van der Waals surface area contributed by atoms with Gasteiger partial charge in [0.25, 0.3) is 11.5 Å². The zero-order valence-electron chi connectivity index (χ0n) is 27.3. The van der Waals surface area contributed by atoms with Crippen molar-refractivity contribution in [1.29, 1.82) is 0 Å². The van der Waals surface area contributed by atoms with E-state index in [2.05, 4.69) is 46.9 Å². The van der Waals surface area contributed by atoms with Crippen LogP contribution in [0.3, 0.4) is 0 Å². The lowest BCUT2D eigenvalue weighted by atomic mass is 9.96. The van der Waals surface area contributed by atoms with E-state index >= 15 is 0 Å². The van der Waals surface area contributed by atoms with Gasteiger partial charge < -0.3 is 19.5 Å². The predicted octanol–water partition coefficient (Wildman–Crippen LogP) is 7.72. The number of aromatic nitrogens is 2. The highest BCUT2D eigenvalue weighted by Crippen LogP contribution is 2.35. The second kappa shape index (κ2) is 14.8. The molecule has 1 N–H and O–H groups in total. The number of nitrogens with zero attached hydrogens (tertiary/aromatic N) is 3. The predicted molar refractivity (Wildman–Crippen MR) is 195 cm³/mol. The minimum atomic E-state index is -0.289. The Labute approximate surface area is 287 Å². The molecule has 1 aromatic heterocycles. The number of ether oxygens (including phenoxy) is 3. The molecule has 0 unspecified atom stereocenters. The van der Waals surface area contributed by atoms with Gasteiger partial charge in [-0.05, 0) is 114 Å². The third-order valence-corrected chi connectivity index (χ3v) is 8.42. The topological polar surface area (TPSA) is 104 Å². The molecule has 5 rings (SSSR count). The number of hydrogen-bond acceptors (Lipinski definition) is 7. The van der Waals surface area contributed by atoms with E-state index in [1.807, 2.05) is 81.4 Å². The lowest BCUT2D eigenvalue weighted by Gasteiger charge is -2.18. The van der Waals surface area contributed by atoms with Crippen LogP contribution in [0.1, 0.15) is 48.9 Å². The number of hydrogen-bond donors (Lipinski definition) is 1. The fourth-order valence-electron chi connectivity index (χ4n) is 5.19. The van der Waals surface area contributed by atoms with Crippen molar-refractivity contribution in [2.24, 2.45) is 5.10 Å². The van der Waals surface area contributed by atoms with E-state index in [0.29, 0.717) is 44.0 Å². The Morgan fingerprint density at radius 2 is 1.74 bits per heavy atom. The van der Waals surface area contributed by atoms with Crippen LogP contribution in [0, 0.1) is 17.4 Å². The van der Waals surface area contributed by atoms with Gasteiger partial charge in [-0.2, -0.15) is 9.78 Å². The summed E-state index contributed by atoms with van der Waals surface area (Å²) < 4.78 is 19.5. The fourth-order valence-corrected chi connectivity index (χ4v) is 5.97. The standard InChI is InChI=1S/C37H37IN4O5/c1-7-46-32-16-24(5)28(19-27(32)22(2)3)36-41-31-15-11-9-13-26(31)37(44)42(36)39-20-25-17-29(38)35(33(18-25)45-6)47-21-34(43)40-30-14-10-8-12-23(30)4/h8-20,22H,7,21H2,1-6H3,(H,40,43). The summed E-state index contributed by atoms with van der Waals surface area (Å²) in [7, 11) is 1.53. The average Bonchev–Trinajstić information content (AvgIpc) is 3.04. The van der Waals surface area contributed by atoms with Crippen molar-refractivity contribution < 1.29 is 19.0 Å². The van der Waals surface area contributed by atoms with Crippen LogP contribution >= 0.6 is 22.6 Å². The van der Waals surface area contributed by atoms with E-state index in [4.69, 9.17) is 19.2 Å². The Bertz CT molecular complexity index is 2040. The van der Waals surface area contributed by atoms with Gasteiger partial charge in [0.2, 0.25) is 0 Å². The monoisotopic (exact) mass is 744 g/mol. The number of nitrogens with one attached hydrogen (secondary N) is 1. The number of fused-ring (bicyclic) bond motifs is 1. The van der Waals surface area contributed by atoms with Crippen LogP contribution in [0.5, 0.6) is 17.2 Å². The Morgan fingerprint density at radius 1 is 1.00 bits per heavy atom. The molecule has 0 aliphatic carbocycles. The maximum atomic E-state index is 13.9. The van der Waals surface area contributed by atoms with Crippen molar-refractivity contribution in [3.63, 3.8) is 0 Å². The van der Waals surface area contributed by atoms with Crippen LogP contribution in [0.2, 0.25) is 0 Å². The number of anilines is 1. The number of carbonyl (C=O) groups is 1. The summed E-state index contributed by atoms with van der Waals surface area (Å²) in [6, 6.07) is 22.4. The molecule has 0 saturated heterocycles. The summed E-state index contributed by atoms with van der Waals surface area (Å²) in [5, 5.41) is 8.01. The second-order valence-corrected chi connectivity index (χ2v) is 12.5. The van der Waals surface area contributed by atoms with Crippen LogP contribution < -0.4 is 25.1 Å². The first-order valence-corrected chi connectivity index (χ1v) is 16.4. The molecule has 9 nitrogen and oxygen atoms in total. The van der Waals surface area contributed by atoms with Crippen molar-refractivity contribution in [3.05, 3.63) is 109 Å². The first kappa shape index (κ1) is 33.6. The van der Waals surface area contributed by atoms with Gasteiger partial charge in [-0.1, -0.05) is 44.2 Å². The van der Waals surface area contributed by atoms with Crippen molar-refractivity contribution in [1.82, 2.24) is 9.66 Å². The molecule has 0 aliphatic rings. The molecular formula is C37H37IN4O5. The summed E-state index contributed by atoms with van der Waals surface area (Å²) in [5.74, 6) is 2.00. The summed E-state index contributed by atoms with van der Waals surface area (Å²) in [6.45, 7) is 10.4. The van der Waals surface area contributed by atoms with Crippen molar-refractivity contribution in [3.8, 4) is 28.6 Å². The van der Waals surface area contributed by atoms with Gasteiger partial charge >= 0.3 is 0 Å². The highest BCUT2D eigenvalue weighted by Gasteiger charge is 2.19. The summed E-state index contributed by atoms with van der Waals surface area (Å²) in [4.78, 5) is 31.4. The first-order chi connectivity index (χ1) is 22.6. The molecule has 242 valence electrons. The second-order valence-electron chi connectivity index (χ2n) is 11.3. The van der Waals surface area contributed by atoms with E-state index in [-0.39, 0.29) is 24.0 Å². The largest absolute Gasteiger partial charge is 0.494 e. The van der Waals surface area contributed by atoms with E-state index < -0.39 is 0 Å². The lowest BCUT2D eigenvalue weighted by Crippen LogP contribution is -2.21. The third kappa shape index (κ3) is 7.48. The van der Waals surface area contributed by atoms with E-state index in [0.717, 1.165) is 33.7 Å². The molecule has 1 heterocycles. The van der Waals surface area contributed by atoms with Crippen LogP contribution in [-0.4, -0.2) is 42.1 Å². The van der Waals surface area contributed by atoms with Crippen LogP contribution in [0.15, 0.2) is 82.7 Å². The number of para-hydroxylation sites is 2. The fraction of sp³-hybridized carbons (Fsp3) is 0.243. The maximum absolute atomic E-state index is 13.9. The first-order valence-electron chi connectivity index (χ1n) is 15.3. The third-order valence-electron chi connectivity index (χ3n) is 7.61. The molecule has 47 heavy (non-hydrogen) atoms. The minimum Gasteiger partial charge on any atom is -0.494 e. The molecule has 0 saturated carbocycles. The van der Waals surface area contributed by atoms with Crippen molar-refractivity contribution in [2.45, 2.75) is 40.5 Å². The van der Waals surface area contributed by atoms with Crippen LogP contribution in [-0.2, 0) is 4.79 Å². The lowest BCUT2D eigenvalue weighted by molar-refractivity contribution is -0.118. The minimum absolute atomic E-state index is 0.184. The Morgan fingerprint density at radius 3 is 2.47 bits per heavy atom. The van der Waals surface area contributed by atoms with Crippen LogP contribution in [0.4, 0.5) is 5.69 Å². The molecule has 1 amide bonds. The molecule has 0 aliphatic heterocycles. The maximum Gasteiger partial charge on any atom is 0.282 e. The average molecular weight is 745 g/mol. The van der Waals surface area contributed by atoms with Gasteiger partial charge in [0, 0.05) is 11.3 Å². The van der Waals surface area contributed by atoms with E-state index in [9.17, 15) is 9.59 Å². The summed E-state index contributed by atoms with van der Waals surface area (Å²) in [5.41, 5.74) is 5.37. The number of aryl methyl sites for hydroxylation is 2. The molecule has 0 radical (unpaired) electrons. The quantitative estimate of drug-likeness (QED) is 0.110. The summed E-state index contributed by atoms with van der Waals surface area (Å²) in [6.07, 6.45) is 1.59. The van der Waals surface area contributed by atoms with E-state index in [1.54, 1.807) is 18.3 Å². The van der Waals surface area contributed by atoms with Crippen LogP contribution in [0.25, 0.3) is 22.3 Å². The number of rotatable bonds is 11. The molecule has 0 bridgehead atoms. The number of methoxy groups -OCH3 is 1. The Balaban J connectivity index is 1.51. The molecular weight excluding hydrogens is 707 g/mol. The van der Waals surface area contributed by atoms with Gasteiger partial charge in [-0.3, -0.25) is 9.59 Å². The Hall–Kier alpha value is -4.71. The molecule has 0 atom stereocenters. The molecule has 4 aromatic carbocycles. The molecule has 0 fully saturated rings. The molecule has 10 heteroatoms. The van der Waals surface area contributed by atoms with Crippen molar-refractivity contribution >= 4 is 51.3 Å². The number of halogens is 1. The zero-order chi connectivity index (χ0) is 33.7. The smallest absolute Gasteiger partial charge is 0.282 e. The highest BCUT2D eigenvalue weighted by molar-refractivity contribution is 14.1. The number of benzene rings is 4. The van der Waals surface area contributed by atoms with E-state index in [1.165, 1.54) is 11.8 Å². The summed E-state index contributed by atoms with van der Waals surface area (Å²) >= 11 is 2.13. The number of amides is 1. The Kier molecular flexibility index (Phi) is 10.6. The SMILES string of the molecule is CCOc1cc(C)c(-c2nc3ccccc3c(=O)n2N=Cc2cc(I)c(OCC(=O)Nc3ccccc3C)c(OC)c2)cc1C(C)C. The number of carbonyl (C=O) groups excluding carboxylic acids is 1. The highest BCUT2D eigenvalue weighted by atomic mass is 127. The van der Waals surface area contributed by atoms with Crippen molar-refractivity contribution in [2.75, 3.05) is 25.6 Å². The van der Waals surface area contributed by atoms with Gasteiger partial charge in [-0.15, -0.1) is 0 Å².